The molecule has 0 aliphatic carbocycles. The van der Waals surface area contributed by atoms with Crippen molar-refractivity contribution in [2.45, 2.75) is 51.9 Å². The fraction of sp³-hybridized carbons (Fsp3) is 0.500. The molecular weight excluding hydrogens is 294 g/mol. The van der Waals surface area contributed by atoms with E-state index in [9.17, 15) is 9.70 Å². The van der Waals surface area contributed by atoms with Gasteiger partial charge in [-0.05, 0) is 42.2 Å². The van der Waals surface area contributed by atoms with Crippen LogP contribution < -0.4 is 4.74 Å². The minimum Gasteiger partial charge on any atom is -0.497 e. The van der Waals surface area contributed by atoms with E-state index in [0.29, 0.717) is 0 Å². The number of carbonyl (C=O) groups excluding carboxylic acids is 1. The normalized spacial score (nSPS) is 10.7. The molecule has 0 saturated heterocycles. The van der Waals surface area contributed by atoms with Gasteiger partial charge >= 0.3 is 5.97 Å². The number of methoxy groups -OCH3 is 1. The van der Waals surface area contributed by atoms with E-state index >= 15 is 0 Å². The second kappa shape index (κ2) is 11.4. The number of hydrogen-bond acceptors (Lipinski definition) is 5. The van der Waals surface area contributed by atoms with Gasteiger partial charge in [-0.15, -0.1) is 4.91 Å². The van der Waals surface area contributed by atoms with Crippen molar-refractivity contribution in [1.29, 1.82) is 0 Å². The van der Waals surface area contributed by atoms with E-state index in [2.05, 4.69) is 17.1 Å². The maximum Gasteiger partial charge on any atom is 0.362 e. The molecule has 0 unspecified atom stereocenters. The van der Waals surface area contributed by atoms with Crippen LogP contribution in [0.3, 0.4) is 0 Å². The average Bonchev–Trinajstić information content (AvgIpc) is 2.56. The zero-order valence-electron chi connectivity index (χ0n) is 13.9. The Kier molecular flexibility index (Phi) is 9.36. The lowest BCUT2D eigenvalue weighted by molar-refractivity contribution is -0.137. The van der Waals surface area contributed by atoms with Crippen molar-refractivity contribution in [3.63, 3.8) is 0 Å². The highest BCUT2D eigenvalue weighted by Gasteiger charge is 2.04. The molecule has 0 atom stereocenters. The molecule has 1 aromatic carbocycles. The molecule has 0 radical (unpaired) electrons. The predicted molar refractivity (Wildman–Crippen MR) is 91.0 cm³/mol. The van der Waals surface area contributed by atoms with Crippen LogP contribution in [0.5, 0.6) is 5.75 Å². The Labute approximate surface area is 137 Å². The van der Waals surface area contributed by atoms with E-state index in [-0.39, 0.29) is 0 Å². The van der Waals surface area contributed by atoms with Crippen molar-refractivity contribution in [1.82, 2.24) is 0 Å². The molecule has 1 aromatic rings. The number of carbonyl (C=O) groups is 1. The van der Waals surface area contributed by atoms with Crippen LogP contribution in [-0.2, 0) is 16.1 Å². The lowest BCUT2D eigenvalue weighted by Crippen LogP contribution is -1.95. The predicted octanol–water partition coefficient (Wildman–Crippen LogP) is 4.84. The first-order valence-electron chi connectivity index (χ1n) is 8.10. The van der Waals surface area contributed by atoms with E-state index in [4.69, 9.17) is 4.74 Å². The minimum atomic E-state index is -0.777. The van der Waals surface area contributed by atoms with Crippen LogP contribution in [-0.4, -0.2) is 13.1 Å². The van der Waals surface area contributed by atoms with Gasteiger partial charge in [-0.25, -0.2) is 4.79 Å². The number of unbranched alkanes of at least 4 members (excludes halogenated alkanes) is 5. The van der Waals surface area contributed by atoms with Crippen LogP contribution in [0, 0.1) is 4.91 Å². The van der Waals surface area contributed by atoms with Gasteiger partial charge in [-0.3, -0.25) is 4.84 Å². The maximum absolute atomic E-state index is 11.2. The molecular formula is C18H25NO4. The summed E-state index contributed by atoms with van der Waals surface area (Å²) in [6.45, 7) is 2.21. The van der Waals surface area contributed by atoms with Crippen molar-refractivity contribution in [3.05, 3.63) is 40.3 Å². The summed E-state index contributed by atoms with van der Waals surface area (Å²) in [6.07, 6.45) is 11.1. The topological polar surface area (TPSA) is 65.0 Å². The molecule has 0 fully saturated rings. The highest BCUT2D eigenvalue weighted by Crippen LogP contribution is 2.21. The largest absolute Gasteiger partial charge is 0.497 e. The molecule has 0 aromatic heterocycles. The van der Waals surface area contributed by atoms with Gasteiger partial charge in [-0.1, -0.05) is 45.1 Å². The standard InChI is InChI=1S/C18H25NO4/c1-3-4-5-6-7-8-9-16-14-17(22-2)12-10-15(16)11-13-18(20)23-19-21/h10-14H,3-9H2,1-2H3/b13-11+. The number of rotatable bonds is 11. The number of aryl methyl sites for hydroxylation is 1. The molecule has 0 heterocycles. The lowest BCUT2D eigenvalue weighted by atomic mass is 9.99. The quantitative estimate of drug-likeness (QED) is 0.253. The van der Waals surface area contributed by atoms with E-state index < -0.39 is 5.97 Å². The molecule has 1 rings (SSSR count). The molecule has 126 valence electrons. The summed E-state index contributed by atoms with van der Waals surface area (Å²) in [6, 6.07) is 5.71. The molecule has 0 spiro atoms. The summed E-state index contributed by atoms with van der Waals surface area (Å²) in [5.74, 6) is 0.0154. The van der Waals surface area contributed by atoms with Crippen LogP contribution in [0.2, 0.25) is 0 Å². The van der Waals surface area contributed by atoms with Crippen LogP contribution >= 0.6 is 0 Å². The first kappa shape index (κ1) is 18.9. The molecule has 0 N–H and O–H groups in total. The molecule has 5 nitrogen and oxygen atoms in total. The fourth-order valence-electron chi connectivity index (χ4n) is 2.41. The Bertz CT molecular complexity index is 526. The fourth-order valence-corrected chi connectivity index (χ4v) is 2.41. The van der Waals surface area contributed by atoms with Gasteiger partial charge in [0.05, 0.1) is 7.11 Å². The zero-order valence-corrected chi connectivity index (χ0v) is 13.9. The first-order chi connectivity index (χ1) is 11.2. The van der Waals surface area contributed by atoms with Gasteiger partial charge in [0.2, 0.25) is 0 Å². The van der Waals surface area contributed by atoms with Gasteiger partial charge in [0.15, 0.2) is 5.34 Å². The van der Waals surface area contributed by atoms with Gasteiger partial charge < -0.3 is 4.74 Å². The van der Waals surface area contributed by atoms with Gasteiger partial charge in [-0.2, -0.15) is 0 Å². The average molecular weight is 319 g/mol. The third kappa shape index (κ3) is 7.58. The number of hydrogen-bond donors (Lipinski definition) is 0. The van der Waals surface area contributed by atoms with E-state index in [1.165, 1.54) is 38.2 Å². The number of benzene rings is 1. The Morgan fingerprint density at radius 1 is 1.17 bits per heavy atom. The molecule has 0 bridgehead atoms. The second-order valence-corrected chi connectivity index (χ2v) is 5.40. The SMILES string of the molecule is CCCCCCCCc1cc(OC)ccc1/C=C/C(=O)ON=O. The highest BCUT2D eigenvalue weighted by atomic mass is 16.7. The monoisotopic (exact) mass is 319 g/mol. The van der Waals surface area contributed by atoms with Crippen LogP contribution in [0.15, 0.2) is 29.6 Å². The van der Waals surface area contributed by atoms with Crippen molar-refractivity contribution < 1.29 is 14.4 Å². The summed E-state index contributed by atoms with van der Waals surface area (Å²) in [5.41, 5.74) is 2.03. The minimum absolute atomic E-state index is 0.777. The summed E-state index contributed by atoms with van der Waals surface area (Å²) in [7, 11) is 1.63. The van der Waals surface area contributed by atoms with Crippen LogP contribution in [0.25, 0.3) is 6.08 Å². The van der Waals surface area contributed by atoms with Crippen molar-refractivity contribution in [3.8, 4) is 5.75 Å². The summed E-state index contributed by atoms with van der Waals surface area (Å²) < 4.78 is 5.26. The smallest absolute Gasteiger partial charge is 0.362 e. The molecule has 0 saturated carbocycles. The van der Waals surface area contributed by atoms with Gasteiger partial charge in [0.25, 0.3) is 0 Å². The van der Waals surface area contributed by atoms with E-state index in [1.54, 1.807) is 13.2 Å². The highest BCUT2D eigenvalue weighted by molar-refractivity contribution is 5.87. The van der Waals surface area contributed by atoms with Gasteiger partial charge in [0, 0.05) is 6.08 Å². The molecule has 0 amide bonds. The molecule has 5 heteroatoms. The van der Waals surface area contributed by atoms with Crippen molar-refractivity contribution in [2.75, 3.05) is 7.11 Å². The summed E-state index contributed by atoms with van der Waals surface area (Å²) >= 11 is 0. The first-order valence-corrected chi connectivity index (χ1v) is 8.10. The van der Waals surface area contributed by atoms with E-state index in [0.717, 1.165) is 29.7 Å². The van der Waals surface area contributed by atoms with Crippen LogP contribution in [0.1, 0.15) is 56.6 Å². The third-order valence-corrected chi connectivity index (χ3v) is 3.68. The Morgan fingerprint density at radius 2 is 1.91 bits per heavy atom. The third-order valence-electron chi connectivity index (χ3n) is 3.68. The van der Waals surface area contributed by atoms with Crippen LogP contribution in [0.4, 0.5) is 0 Å². The number of ether oxygens (including phenoxy) is 1. The Hall–Kier alpha value is -2.17. The van der Waals surface area contributed by atoms with Gasteiger partial charge in [0.1, 0.15) is 5.75 Å². The van der Waals surface area contributed by atoms with E-state index in [1.807, 2.05) is 18.2 Å². The second-order valence-electron chi connectivity index (χ2n) is 5.40. The van der Waals surface area contributed by atoms with Crippen molar-refractivity contribution >= 4 is 12.0 Å². The molecule has 0 aliphatic heterocycles. The lowest BCUT2D eigenvalue weighted by Gasteiger charge is -2.09. The zero-order chi connectivity index (χ0) is 16.9. The maximum atomic E-state index is 11.2. The summed E-state index contributed by atoms with van der Waals surface area (Å²) in [4.78, 5) is 25.1. The number of nitrogens with zero attached hydrogens (tertiary/aromatic N) is 1. The molecule has 23 heavy (non-hydrogen) atoms. The Balaban J connectivity index is 2.66. The summed E-state index contributed by atoms with van der Waals surface area (Å²) in [5, 5.41) is 2.11. The molecule has 0 aliphatic rings. The Morgan fingerprint density at radius 3 is 2.61 bits per heavy atom. The van der Waals surface area contributed by atoms with Crippen molar-refractivity contribution in [2.24, 2.45) is 5.34 Å².